The van der Waals surface area contributed by atoms with Crippen LogP contribution in [-0.2, 0) is 9.53 Å². The Kier molecular flexibility index (Phi) is 6.21. The van der Waals surface area contributed by atoms with E-state index < -0.39 is 17.9 Å². The molecule has 6 heteroatoms. The van der Waals surface area contributed by atoms with E-state index in [2.05, 4.69) is 0 Å². The van der Waals surface area contributed by atoms with Crippen molar-refractivity contribution in [2.75, 3.05) is 24.6 Å². The molecule has 1 aromatic carbocycles. The number of anilines is 1. The highest BCUT2D eigenvalue weighted by molar-refractivity contribution is 5.89. The lowest BCUT2D eigenvalue weighted by molar-refractivity contribution is -0.140. The average Bonchev–Trinajstić information content (AvgIpc) is 2.47. The minimum Gasteiger partial charge on any atom is -0.481 e. The first-order chi connectivity index (χ1) is 9.99. The summed E-state index contributed by atoms with van der Waals surface area (Å²) in [6.45, 7) is 3.92. The Morgan fingerprint density at radius 2 is 2.00 bits per heavy atom. The fraction of sp³-hybridized carbons (Fsp3) is 0.400. The number of rotatable bonds is 7. The lowest BCUT2D eigenvalue weighted by Gasteiger charge is -2.23. The molecule has 0 aromatic heterocycles. The number of benzene rings is 1. The Bertz CT molecular complexity index is 534. The second-order valence-electron chi connectivity index (χ2n) is 4.55. The molecule has 1 unspecified atom stereocenters. The SMILES string of the molecule is CCOC(=O)c1ccc(N(CC#N)CC(C)C(=O)O)cc1. The van der Waals surface area contributed by atoms with Gasteiger partial charge in [0.1, 0.15) is 6.54 Å². The van der Waals surface area contributed by atoms with E-state index in [0.29, 0.717) is 17.9 Å². The molecule has 0 saturated heterocycles. The fourth-order valence-corrected chi connectivity index (χ4v) is 1.78. The minimum absolute atomic E-state index is 0.0797. The molecule has 6 nitrogen and oxygen atoms in total. The fourth-order valence-electron chi connectivity index (χ4n) is 1.78. The number of carbonyl (C=O) groups excluding carboxylic acids is 1. The van der Waals surface area contributed by atoms with Gasteiger partial charge in [0.15, 0.2) is 0 Å². The molecule has 0 amide bonds. The summed E-state index contributed by atoms with van der Waals surface area (Å²) in [6.07, 6.45) is 0. The van der Waals surface area contributed by atoms with Crippen molar-refractivity contribution in [3.8, 4) is 6.07 Å². The van der Waals surface area contributed by atoms with Gasteiger partial charge in [0, 0.05) is 12.2 Å². The summed E-state index contributed by atoms with van der Waals surface area (Å²) in [5, 5.41) is 17.8. The van der Waals surface area contributed by atoms with Crippen LogP contribution in [0.15, 0.2) is 24.3 Å². The van der Waals surface area contributed by atoms with Crippen LogP contribution in [0.5, 0.6) is 0 Å². The number of carbonyl (C=O) groups is 2. The lowest BCUT2D eigenvalue weighted by atomic mass is 10.1. The van der Waals surface area contributed by atoms with Gasteiger partial charge in [-0.1, -0.05) is 6.92 Å². The van der Waals surface area contributed by atoms with Crippen molar-refractivity contribution in [2.45, 2.75) is 13.8 Å². The van der Waals surface area contributed by atoms with Gasteiger partial charge in [0.2, 0.25) is 0 Å². The zero-order valence-electron chi connectivity index (χ0n) is 12.1. The molecule has 0 bridgehead atoms. The number of hydrogen-bond acceptors (Lipinski definition) is 5. The van der Waals surface area contributed by atoms with Crippen molar-refractivity contribution in [3.63, 3.8) is 0 Å². The number of nitrogens with zero attached hydrogens (tertiary/aromatic N) is 2. The molecule has 0 fully saturated rings. The van der Waals surface area contributed by atoms with Crippen LogP contribution in [0.3, 0.4) is 0 Å². The second-order valence-corrected chi connectivity index (χ2v) is 4.55. The molecule has 0 aliphatic carbocycles. The summed E-state index contributed by atoms with van der Waals surface area (Å²) < 4.78 is 4.89. The zero-order valence-corrected chi connectivity index (χ0v) is 12.1. The summed E-state index contributed by atoms with van der Waals surface area (Å²) in [7, 11) is 0. The van der Waals surface area contributed by atoms with Crippen molar-refractivity contribution >= 4 is 17.6 Å². The van der Waals surface area contributed by atoms with Gasteiger partial charge in [0.05, 0.1) is 24.2 Å². The molecule has 112 valence electrons. The maximum absolute atomic E-state index is 11.6. The maximum atomic E-state index is 11.6. The van der Waals surface area contributed by atoms with Crippen molar-refractivity contribution in [2.24, 2.45) is 5.92 Å². The van der Waals surface area contributed by atoms with E-state index in [9.17, 15) is 9.59 Å². The zero-order chi connectivity index (χ0) is 15.8. The summed E-state index contributed by atoms with van der Waals surface area (Å²) in [5.41, 5.74) is 1.11. The van der Waals surface area contributed by atoms with Crippen molar-refractivity contribution < 1.29 is 19.4 Å². The second kappa shape index (κ2) is 7.90. The number of ether oxygens (including phenoxy) is 1. The molecule has 1 N–H and O–H groups in total. The van der Waals surface area contributed by atoms with Gasteiger partial charge in [-0.15, -0.1) is 0 Å². The van der Waals surface area contributed by atoms with E-state index in [1.54, 1.807) is 43.0 Å². The Hall–Kier alpha value is -2.55. The monoisotopic (exact) mass is 290 g/mol. The Morgan fingerprint density at radius 1 is 1.38 bits per heavy atom. The number of esters is 1. The van der Waals surface area contributed by atoms with Crippen LogP contribution in [0.25, 0.3) is 0 Å². The van der Waals surface area contributed by atoms with Crippen LogP contribution in [-0.4, -0.2) is 36.7 Å². The first-order valence-electron chi connectivity index (χ1n) is 6.61. The van der Waals surface area contributed by atoms with Gasteiger partial charge in [-0.3, -0.25) is 4.79 Å². The molecular formula is C15H18N2O4. The van der Waals surface area contributed by atoms with Crippen LogP contribution in [0.2, 0.25) is 0 Å². The van der Waals surface area contributed by atoms with Gasteiger partial charge in [-0.2, -0.15) is 5.26 Å². The highest BCUT2D eigenvalue weighted by Gasteiger charge is 2.17. The molecule has 1 atom stereocenters. The Balaban J connectivity index is 2.87. The molecule has 1 rings (SSSR count). The van der Waals surface area contributed by atoms with Crippen LogP contribution >= 0.6 is 0 Å². The van der Waals surface area contributed by atoms with Crippen LogP contribution < -0.4 is 4.90 Å². The van der Waals surface area contributed by atoms with Gasteiger partial charge in [-0.05, 0) is 31.2 Å². The van der Waals surface area contributed by atoms with Crippen LogP contribution in [0, 0.1) is 17.2 Å². The van der Waals surface area contributed by atoms with Gasteiger partial charge in [0.25, 0.3) is 0 Å². The predicted molar refractivity (Wildman–Crippen MR) is 77.0 cm³/mol. The molecule has 1 aromatic rings. The lowest BCUT2D eigenvalue weighted by Crippen LogP contribution is -2.32. The standard InChI is InChI=1S/C15H18N2O4/c1-3-21-15(20)12-4-6-13(7-5-12)17(9-8-16)10-11(2)14(18)19/h4-7,11H,3,9-10H2,1-2H3,(H,18,19). The first-order valence-corrected chi connectivity index (χ1v) is 6.61. The molecule has 0 heterocycles. The smallest absolute Gasteiger partial charge is 0.338 e. The van der Waals surface area contributed by atoms with Crippen molar-refractivity contribution in [1.29, 1.82) is 5.26 Å². The highest BCUT2D eigenvalue weighted by Crippen LogP contribution is 2.17. The number of nitriles is 1. The summed E-state index contributed by atoms with van der Waals surface area (Å²) in [5.74, 6) is -1.92. The number of aliphatic carboxylic acids is 1. The van der Waals surface area contributed by atoms with E-state index in [-0.39, 0.29) is 13.1 Å². The van der Waals surface area contributed by atoms with Crippen molar-refractivity contribution in [3.05, 3.63) is 29.8 Å². The third kappa shape index (κ3) is 4.80. The average molecular weight is 290 g/mol. The third-order valence-electron chi connectivity index (χ3n) is 2.92. The summed E-state index contributed by atoms with van der Waals surface area (Å²) >= 11 is 0. The first kappa shape index (κ1) is 16.5. The molecule has 0 radical (unpaired) electrons. The van der Waals surface area contributed by atoms with Gasteiger partial charge < -0.3 is 14.7 Å². The largest absolute Gasteiger partial charge is 0.481 e. The number of carboxylic acid groups (broad SMARTS) is 1. The van der Waals surface area contributed by atoms with E-state index in [1.807, 2.05) is 6.07 Å². The topological polar surface area (TPSA) is 90.6 Å². The Labute approximate surface area is 123 Å². The molecular weight excluding hydrogens is 272 g/mol. The van der Waals surface area contributed by atoms with E-state index in [4.69, 9.17) is 15.1 Å². The maximum Gasteiger partial charge on any atom is 0.338 e. The number of carboxylic acids is 1. The van der Waals surface area contributed by atoms with E-state index in [1.165, 1.54) is 0 Å². The molecule has 0 saturated carbocycles. The van der Waals surface area contributed by atoms with Gasteiger partial charge in [-0.25, -0.2) is 4.79 Å². The highest BCUT2D eigenvalue weighted by atomic mass is 16.5. The number of hydrogen-bond donors (Lipinski definition) is 1. The van der Waals surface area contributed by atoms with Gasteiger partial charge >= 0.3 is 11.9 Å². The van der Waals surface area contributed by atoms with Crippen LogP contribution in [0.4, 0.5) is 5.69 Å². The molecule has 0 aliphatic rings. The molecule has 0 spiro atoms. The summed E-state index contributed by atoms with van der Waals surface area (Å²) in [6, 6.07) is 8.57. The predicted octanol–water partition coefficient (Wildman–Crippen LogP) is 1.91. The van der Waals surface area contributed by atoms with E-state index in [0.717, 1.165) is 0 Å². The minimum atomic E-state index is -0.916. The van der Waals surface area contributed by atoms with E-state index >= 15 is 0 Å². The van der Waals surface area contributed by atoms with Crippen molar-refractivity contribution in [1.82, 2.24) is 0 Å². The Morgan fingerprint density at radius 3 is 2.48 bits per heavy atom. The third-order valence-corrected chi connectivity index (χ3v) is 2.92. The molecule has 0 aliphatic heterocycles. The molecule has 21 heavy (non-hydrogen) atoms. The summed E-state index contributed by atoms with van der Waals surface area (Å²) in [4.78, 5) is 24.1. The normalized spacial score (nSPS) is 11.3. The quantitative estimate of drug-likeness (QED) is 0.609. The van der Waals surface area contributed by atoms with Crippen LogP contribution in [0.1, 0.15) is 24.2 Å².